The number of carbonyl (C=O) groups excluding carboxylic acids is 1. The van der Waals surface area contributed by atoms with Gasteiger partial charge in [0.25, 0.3) is 11.6 Å². The molecule has 1 aromatic carbocycles. The number of pyridine rings is 1. The predicted molar refractivity (Wildman–Crippen MR) is 135 cm³/mol. The van der Waals surface area contributed by atoms with E-state index < -0.39 is 23.1 Å². The average molecular weight is 530 g/mol. The second kappa shape index (κ2) is 9.78. The zero-order valence-corrected chi connectivity index (χ0v) is 21.1. The molecule has 0 bridgehead atoms. The molecule has 6 N–H and O–H groups in total. The van der Waals surface area contributed by atoms with Crippen LogP contribution in [0, 0.1) is 11.6 Å². The van der Waals surface area contributed by atoms with Gasteiger partial charge >= 0.3 is 0 Å². The molecular weight excluding hydrogens is 502 g/mol. The van der Waals surface area contributed by atoms with Gasteiger partial charge in [0.2, 0.25) is 5.82 Å². The number of aromatic amines is 2. The molecule has 0 aliphatic carbocycles. The maximum atomic E-state index is 14.9. The number of halogens is 2. The second-order valence-electron chi connectivity index (χ2n) is 9.42. The fourth-order valence-corrected chi connectivity index (χ4v) is 5.31. The number of nitrogens with one attached hydrogen (secondary N) is 3. The number of nitrogens with zero attached hydrogens (tertiary/aromatic N) is 2. The molecule has 0 saturated carbocycles. The third kappa shape index (κ3) is 5.32. The zero-order valence-electron chi connectivity index (χ0n) is 20.3. The van der Waals surface area contributed by atoms with E-state index in [1.54, 1.807) is 6.07 Å². The van der Waals surface area contributed by atoms with Gasteiger partial charge in [-0.2, -0.15) is 0 Å². The molecule has 1 aliphatic rings. The van der Waals surface area contributed by atoms with Gasteiger partial charge in [-0.1, -0.05) is 4.98 Å². The number of hydrogen-bond acceptors (Lipinski definition) is 7. The summed E-state index contributed by atoms with van der Waals surface area (Å²) in [6, 6.07) is 7.14. The summed E-state index contributed by atoms with van der Waals surface area (Å²) < 4.78 is 35.2. The number of H-pyrrole nitrogens is 2. The van der Waals surface area contributed by atoms with E-state index in [2.05, 4.69) is 25.2 Å². The number of imidazole rings is 1. The topological polar surface area (TPSA) is 131 Å². The first-order valence-electron chi connectivity index (χ1n) is 11.7. The lowest BCUT2D eigenvalue weighted by atomic mass is 9.96. The van der Waals surface area contributed by atoms with Crippen LogP contribution in [0.2, 0.25) is 0 Å². The van der Waals surface area contributed by atoms with E-state index in [-0.39, 0.29) is 21.6 Å². The Morgan fingerprint density at radius 3 is 2.62 bits per heavy atom. The van der Waals surface area contributed by atoms with Crippen molar-refractivity contribution >= 4 is 39.2 Å². The van der Waals surface area contributed by atoms with Crippen molar-refractivity contribution in [3.05, 3.63) is 58.9 Å². The standard InChI is InChI=1S/C25H26F2N6O3S/c1-25(2,35)13-9-15(26)21(16(27)10-13)18-11-14(22(28)34)24(37-18)32-19-4-3-17-23(30-19)31-20(29-17)12-33-5-7-36-8-6-33/h3-4,9-11,35H,5-8,12H2,1-2H3,(H2,28,34)(H2,29,30,31,32)/p+1. The highest BCUT2D eigenvalue weighted by molar-refractivity contribution is 7.20. The van der Waals surface area contributed by atoms with Gasteiger partial charge in [-0.05, 0) is 43.7 Å². The smallest absolute Gasteiger partial charge is 0.286 e. The summed E-state index contributed by atoms with van der Waals surface area (Å²) in [5.74, 6) is -1.11. The highest BCUT2D eigenvalue weighted by atomic mass is 32.1. The number of primary amides is 1. The predicted octanol–water partition coefficient (Wildman–Crippen LogP) is 3.29. The van der Waals surface area contributed by atoms with Gasteiger partial charge in [0.1, 0.15) is 17.2 Å². The fraction of sp³-hybridized carbons (Fsp3) is 0.320. The number of ether oxygens (including phenoxy) is 1. The molecule has 1 saturated heterocycles. The van der Waals surface area contributed by atoms with Gasteiger partial charge < -0.3 is 20.6 Å². The number of carbonyl (C=O) groups is 1. The Hall–Kier alpha value is -3.45. The lowest BCUT2D eigenvalue weighted by Crippen LogP contribution is -2.35. The zero-order chi connectivity index (χ0) is 26.3. The van der Waals surface area contributed by atoms with Crippen molar-refractivity contribution < 1.29 is 28.4 Å². The van der Waals surface area contributed by atoms with Crippen LogP contribution in [-0.2, 0) is 16.9 Å². The molecule has 0 spiro atoms. The summed E-state index contributed by atoms with van der Waals surface area (Å²) in [4.78, 5) is 25.7. The number of rotatable bonds is 7. The van der Waals surface area contributed by atoms with Crippen LogP contribution in [0.3, 0.4) is 0 Å². The van der Waals surface area contributed by atoms with Crippen molar-refractivity contribution in [2.24, 2.45) is 5.73 Å². The summed E-state index contributed by atoms with van der Waals surface area (Å²) in [5.41, 5.74) is 5.48. The van der Waals surface area contributed by atoms with Crippen LogP contribution in [-0.4, -0.2) is 52.2 Å². The molecule has 0 unspecified atom stereocenters. The molecule has 12 heteroatoms. The number of benzene rings is 1. The molecule has 4 aromatic rings. The second-order valence-corrected chi connectivity index (χ2v) is 10.5. The van der Waals surface area contributed by atoms with Crippen molar-refractivity contribution in [3.63, 3.8) is 0 Å². The van der Waals surface area contributed by atoms with Crippen LogP contribution in [0.4, 0.5) is 19.6 Å². The molecular formula is C25H27F2N6O3S+. The Balaban J connectivity index is 1.43. The molecule has 1 fully saturated rings. The molecule has 9 nitrogen and oxygen atoms in total. The molecule has 1 aliphatic heterocycles. The van der Waals surface area contributed by atoms with E-state index in [9.17, 15) is 18.7 Å². The minimum atomic E-state index is -1.41. The van der Waals surface area contributed by atoms with Crippen molar-refractivity contribution in [1.82, 2.24) is 14.9 Å². The first-order valence-corrected chi connectivity index (χ1v) is 12.5. The highest BCUT2D eigenvalue weighted by Gasteiger charge is 2.25. The maximum absolute atomic E-state index is 14.9. The van der Waals surface area contributed by atoms with Crippen molar-refractivity contribution in [3.8, 4) is 10.4 Å². The largest absolute Gasteiger partial charge is 0.386 e. The number of nitrogens with two attached hydrogens (primary N) is 1. The summed E-state index contributed by atoms with van der Waals surface area (Å²) in [6.07, 6.45) is 0. The van der Waals surface area contributed by atoms with E-state index in [1.165, 1.54) is 19.9 Å². The van der Waals surface area contributed by atoms with E-state index in [0.29, 0.717) is 36.2 Å². The van der Waals surface area contributed by atoms with Crippen molar-refractivity contribution in [2.45, 2.75) is 26.0 Å². The van der Waals surface area contributed by atoms with Crippen LogP contribution in [0.25, 0.3) is 21.6 Å². The molecule has 0 radical (unpaired) electrons. The average Bonchev–Trinajstić information content (AvgIpc) is 3.42. The van der Waals surface area contributed by atoms with E-state index in [0.717, 1.165) is 47.9 Å². The number of amides is 1. The summed E-state index contributed by atoms with van der Waals surface area (Å²) in [5, 5.41) is 13.5. The van der Waals surface area contributed by atoms with Gasteiger partial charge in [0.05, 0.1) is 36.5 Å². The van der Waals surface area contributed by atoms with Crippen LogP contribution in [0.5, 0.6) is 0 Å². The number of anilines is 2. The minimum absolute atomic E-state index is 0.0916. The van der Waals surface area contributed by atoms with Gasteiger partial charge in [0, 0.05) is 24.0 Å². The maximum Gasteiger partial charge on any atom is 0.286 e. The number of morpholine rings is 1. The van der Waals surface area contributed by atoms with E-state index in [1.807, 2.05) is 6.07 Å². The monoisotopic (exact) mass is 529 g/mol. The molecule has 37 heavy (non-hydrogen) atoms. The number of hydrogen-bond donors (Lipinski definition) is 4. The molecule has 194 valence electrons. The first-order chi connectivity index (χ1) is 17.6. The van der Waals surface area contributed by atoms with Crippen molar-refractivity contribution in [1.29, 1.82) is 0 Å². The Morgan fingerprint density at radius 2 is 1.97 bits per heavy atom. The highest BCUT2D eigenvalue weighted by Crippen LogP contribution is 2.40. The summed E-state index contributed by atoms with van der Waals surface area (Å²) >= 11 is 0.990. The van der Waals surface area contributed by atoms with E-state index >= 15 is 0 Å². The normalized spacial score (nSPS) is 14.8. The lowest BCUT2D eigenvalue weighted by Gasteiger charge is -2.24. The Kier molecular flexibility index (Phi) is 6.67. The quantitative estimate of drug-likeness (QED) is 0.291. The Morgan fingerprint density at radius 1 is 1.27 bits per heavy atom. The number of thiophene rings is 1. The molecule has 4 heterocycles. The number of aromatic nitrogens is 3. The number of fused-ring (bicyclic) bond motifs is 1. The van der Waals surface area contributed by atoms with Crippen LogP contribution < -0.4 is 16.0 Å². The van der Waals surface area contributed by atoms with Gasteiger partial charge in [-0.15, -0.1) is 11.3 Å². The third-order valence-electron chi connectivity index (χ3n) is 6.17. The Bertz CT molecular complexity index is 1450. The van der Waals surface area contributed by atoms with Gasteiger partial charge in [0.15, 0.2) is 10.8 Å². The summed E-state index contributed by atoms with van der Waals surface area (Å²) in [7, 11) is 0. The molecule has 3 aromatic heterocycles. The lowest BCUT2D eigenvalue weighted by molar-refractivity contribution is -0.329. The molecule has 5 rings (SSSR count). The Labute approximate surface area is 215 Å². The van der Waals surface area contributed by atoms with Crippen molar-refractivity contribution in [2.75, 3.05) is 31.6 Å². The minimum Gasteiger partial charge on any atom is -0.386 e. The molecule has 0 atom stereocenters. The van der Waals surface area contributed by atoms with Crippen LogP contribution >= 0.6 is 11.3 Å². The number of aliphatic hydroxyl groups is 1. The van der Waals surface area contributed by atoms with E-state index in [4.69, 9.17) is 10.5 Å². The first kappa shape index (κ1) is 25.2. The summed E-state index contributed by atoms with van der Waals surface area (Å²) in [6.45, 7) is 6.62. The van der Waals surface area contributed by atoms with Gasteiger partial charge in [-0.3, -0.25) is 15.0 Å². The molecule has 1 amide bonds. The fourth-order valence-electron chi connectivity index (χ4n) is 4.18. The SMILES string of the molecule is CC(C)(O)c1cc(F)c(-c2cc(C(N)=O)c(Nc3ccc4[nH]c(CN5CCOCC5)nc4[nH+]3)s2)c(F)c1. The third-order valence-corrected chi connectivity index (χ3v) is 7.24. The van der Waals surface area contributed by atoms with Crippen LogP contribution in [0.15, 0.2) is 30.3 Å². The van der Waals surface area contributed by atoms with Crippen LogP contribution in [0.1, 0.15) is 35.6 Å². The van der Waals surface area contributed by atoms with Gasteiger partial charge in [-0.25, -0.2) is 13.8 Å².